The van der Waals surface area contributed by atoms with Crippen molar-refractivity contribution in [2.75, 3.05) is 6.54 Å². The van der Waals surface area contributed by atoms with Gasteiger partial charge in [0.2, 0.25) is 0 Å². The molecule has 1 aliphatic heterocycles. The van der Waals surface area contributed by atoms with E-state index in [0.29, 0.717) is 25.4 Å². The second-order valence-electron chi connectivity index (χ2n) is 5.32. The number of hydrogen-bond acceptors (Lipinski definition) is 2. The number of carbonyl (C=O) groups is 2. The van der Waals surface area contributed by atoms with Crippen molar-refractivity contribution in [3.63, 3.8) is 0 Å². The summed E-state index contributed by atoms with van der Waals surface area (Å²) in [5, 5.41) is 12.0. The molecule has 0 radical (unpaired) electrons. The molecule has 0 bridgehead atoms. The maximum absolute atomic E-state index is 12.1. The number of rotatable bonds is 3. The van der Waals surface area contributed by atoms with Crippen molar-refractivity contribution in [2.45, 2.75) is 32.4 Å². The maximum Gasteiger partial charge on any atom is 0.326 e. The fraction of sp³-hybridized carbons (Fsp3) is 0.467. The van der Waals surface area contributed by atoms with Crippen molar-refractivity contribution < 1.29 is 14.7 Å². The van der Waals surface area contributed by atoms with Gasteiger partial charge in [0.25, 0.3) is 0 Å². The highest BCUT2D eigenvalue weighted by Gasteiger charge is 2.34. The lowest BCUT2D eigenvalue weighted by atomic mass is 9.93. The third-order valence-corrected chi connectivity index (χ3v) is 3.70. The number of piperidine rings is 1. The van der Waals surface area contributed by atoms with Gasteiger partial charge in [-0.15, -0.1) is 0 Å². The summed E-state index contributed by atoms with van der Waals surface area (Å²) in [6.45, 7) is 2.94. The minimum Gasteiger partial charge on any atom is -0.480 e. The molecule has 2 N–H and O–H groups in total. The number of urea groups is 1. The van der Waals surface area contributed by atoms with Crippen molar-refractivity contribution >= 4 is 12.0 Å². The van der Waals surface area contributed by atoms with Crippen LogP contribution in [0.1, 0.15) is 25.3 Å². The molecule has 2 amide bonds. The van der Waals surface area contributed by atoms with Gasteiger partial charge in [0.05, 0.1) is 0 Å². The Kier molecular flexibility index (Phi) is 4.61. The smallest absolute Gasteiger partial charge is 0.326 e. The molecule has 1 aromatic rings. The Morgan fingerprint density at radius 1 is 1.35 bits per heavy atom. The average Bonchev–Trinajstić information content (AvgIpc) is 2.45. The second kappa shape index (κ2) is 6.41. The van der Waals surface area contributed by atoms with Gasteiger partial charge < -0.3 is 15.3 Å². The highest BCUT2D eigenvalue weighted by Crippen LogP contribution is 2.22. The number of aliphatic carboxylic acids is 1. The van der Waals surface area contributed by atoms with Gasteiger partial charge in [0.1, 0.15) is 6.04 Å². The van der Waals surface area contributed by atoms with Crippen LogP contribution in [0.15, 0.2) is 30.3 Å². The molecule has 0 aliphatic carbocycles. The maximum atomic E-state index is 12.1. The van der Waals surface area contributed by atoms with E-state index in [1.54, 1.807) is 0 Å². The predicted molar refractivity (Wildman–Crippen MR) is 75.2 cm³/mol. The van der Waals surface area contributed by atoms with Crippen LogP contribution in [-0.2, 0) is 11.3 Å². The third-order valence-electron chi connectivity index (χ3n) is 3.70. The first-order chi connectivity index (χ1) is 9.58. The van der Waals surface area contributed by atoms with Gasteiger partial charge >= 0.3 is 12.0 Å². The third kappa shape index (κ3) is 3.50. The molecule has 0 spiro atoms. The number of likely N-dealkylation sites (tertiary alicyclic amines) is 1. The summed E-state index contributed by atoms with van der Waals surface area (Å²) >= 11 is 0. The van der Waals surface area contributed by atoms with Gasteiger partial charge in [0.15, 0.2) is 0 Å². The Balaban J connectivity index is 1.95. The van der Waals surface area contributed by atoms with E-state index in [1.807, 2.05) is 37.3 Å². The molecular weight excluding hydrogens is 256 g/mol. The van der Waals surface area contributed by atoms with Crippen molar-refractivity contribution in [1.29, 1.82) is 0 Å². The van der Waals surface area contributed by atoms with Gasteiger partial charge in [-0.05, 0) is 24.3 Å². The number of carboxylic acid groups (broad SMARTS) is 1. The SMILES string of the molecule is CC1CCN(C(=O)NCc2ccccc2)C(C(=O)O)C1. The van der Waals surface area contributed by atoms with E-state index < -0.39 is 12.0 Å². The molecule has 2 unspecified atom stereocenters. The minimum absolute atomic E-state index is 0.298. The summed E-state index contributed by atoms with van der Waals surface area (Å²) in [5.41, 5.74) is 0.998. The van der Waals surface area contributed by atoms with E-state index in [4.69, 9.17) is 0 Å². The number of carboxylic acids is 1. The molecule has 2 atom stereocenters. The number of carbonyl (C=O) groups excluding carboxylic acids is 1. The largest absolute Gasteiger partial charge is 0.480 e. The lowest BCUT2D eigenvalue weighted by Gasteiger charge is -2.35. The summed E-state index contributed by atoms with van der Waals surface area (Å²) in [6.07, 6.45) is 1.37. The molecule has 20 heavy (non-hydrogen) atoms. The Labute approximate surface area is 118 Å². The van der Waals surface area contributed by atoms with Crippen LogP contribution in [-0.4, -0.2) is 34.6 Å². The van der Waals surface area contributed by atoms with Gasteiger partial charge in [-0.25, -0.2) is 9.59 Å². The van der Waals surface area contributed by atoms with Crippen LogP contribution in [0, 0.1) is 5.92 Å². The Morgan fingerprint density at radius 3 is 2.70 bits per heavy atom. The molecular formula is C15H20N2O3. The normalized spacial score (nSPS) is 22.4. The summed E-state index contributed by atoms with van der Waals surface area (Å²) in [5.74, 6) is -0.583. The summed E-state index contributed by atoms with van der Waals surface area (Å²) in [7, 11) is 0. The molecule has 1 saturated heterocycles. The van der Waals surface area contributed by atoms with E-state index in [0.717, 1.165) is 12.0 Å². The van der Waals surface area contributed by atoms with Gasteiger partial charge in [-0.1, -0.05) is 37.3 Å². The number of hydrogen-bond donors (Lipinski definition) is 2. The number of benzene rings is 1. The van der Waals surface area contributed by atoms with Crippen molar-refractivity contribution in [3.05, 3.63) is 35.9 Å². The first kappa shape index (κ1) is 14.4. The zero-order valence-corrected chi connectivity index (χ0v) is 11.6. The highest BCUT2D eigenvalue weighted by atomic mass is 16.4. The minimum atomic E-state index is -0.925. The molecule has 2 rings (SSSR count). The summed E-state index contributed by atoms with van der Waals surface area (Å²) in [4.78, 5) is 24.8. The van der Waals surface area contributed by atoms with Crippen LogP contribution in [0.25, 0.3) is 0 Å². The van der Waals surface area contributed by atoms with E-state index in [2.05, 4.69) is 5.32 Å². The summed E-state index contributed by atoms with van der Waals surface area (Å²) in [6, 6.07) is 8.56. The predicted octanol–water partition coefficient (Wildman–Crippen LogP) is 2.08. The Hall–Kier alpha value is -2.04. The van der Waals surface area contributed by atoms with Crippen LogP contribution in [0.3, 0.4) is 0 Å². The number of nitrogens with one attached hydrogen (secondary N) is 1. The lowest BCUT2D eigenvalue weighted by Crippen LogP contribution is -2.53. The van der Waals surface area contributed by atoms with Crippen LogP contribution >= 0.6 is 0 Å². The monoisotopic (exact) mass is 276 g/mol. The molecule has 0 aromatic heterocycles. The van der Waals surface area contributed by atoms with Crippen molar-refractivity contribution in [3.8, 4) is 0 Å². The molecule has 0 saturated carbocycles. The van der Waals surface area contributed by atoms with Crippen LogP contribution in [0.4, 0.5) is 4.79 Å². The van der Waals surface area contributed by atoms with Gasteiger partial charge in [-0.3, -0.25) is 0 Å². The highest BCUT2D eigenvalue weighted by molar-refractivity contribution is 5.82. The first-order valence-corrected chi connectivity index (χ1v) is 6.89. The molecule has 1 heterocycles. The molecule has 1 aromatic carbocycles. The van der Waals surface area contributed by atoms with Crippen LogP contribution in [0.2, 0.25) is 0 Å². The standard InChI is InChI=1S/C15H20N2O3/c1-11-7-8-17(13(9-11)14(18)19)15(20)16-10-12-5-3-2-4-6-12/h2-6,11,13H,7-10H2,1H3,(H,16,20)(H,18,19). The Morgan fingerprint density at radius 2 is 2.05 bits per heavy atom. The Bertz CT molecular complexity index is 475. The molecule has 108 valence electrons. The molecule has 1 aliphatic rings. The first-order valence-electron chi connectivity index (χ1n) is 6.89. The topological polar surface area (TPSA) is 69.6 Å². The van der Waals surface area contributed by atoms with E-state index in [9.17, 15) is 14.7 Å². The van der Waals surface area contributed by atoms with Crippen molar-refractivity contribution in [1.82, 2.24) is 10.2 Å². The van der Waals surface area contributed by atoms with E-state index in [1.165, 1.54) is 4.90 Å². The van der Waals surface area contributed by atoms with E-state index in [-0.39, 0.29) is 6.03 Å². The van der Waals surface area contributed by atoms with Gasteiger partial charge in [0, 0.05) is 13.1 Å². The van der Waals surface area contributed by atoms with E-state index >= 15 is 0 Å². The average molecular weight is 276 g/mol. The number of amides is 2. The molecule has 5 heteroatoms. The summed E-state index contributed by atoms with van der Waals surface area (Å²) < 4.78 is 0. The second-order valence-corrected chi connectivity index (χ2v) is 5.32. The molecule has 1 fully saturated rings. The number of nitrogens with zero attached hydrogens (tertiary/aromatic N) is 1. The fourth-order valence-corrected chi connectivity index (χ4v) is 2.49. The quantitative estimate of drug-likeness (QED) is 0.888. The van der Waals surface area contributed by atoms with Crippen LogP contribution < -0.4 is 5.32 Å². The lowest BCUT2D eigenvalue weighted by molar-refractivity contribution is -0.143. The van der Waals surface area contributed by atoms with Crippen LogP contribution in [0.5, 0.6) is 0 Å². The fourth-order valence-electron chi connectivity index (χ4n) is 2.49. The van der Waals surface area contributed by atoms with Crippen molar-refractivity contribution in [2.24, 2.45) is 5.92 Å². The molecule has 5 nitrogen and oxygen atoms in total. The van der Waals surface area contributed by atoms with Gasteiger partial charge in [-0.2, -0.15) is 0 Å². The zero-order valence-electron chi connectivity index (χ0n) is 11.6. The zero-order chi connectivity index (χ0) is 14.5.